The van der Waals surface area contributed by atoms with Crippen molar-refractivity contribution >= 4 is 29.3 Å². The van der Waals surface area contributed by atoms with Crippen LogP contribution < -0.4 is 5.32 Å². The van der Waals surface area contributed by atoms with Crippen LogP contribution in [0.4, 0.5) is 27.6 Å². The first kappa shape index (κ1) is 24.6. The molecule has 1 aromatic heterocycles. The smallest absolute Gasteiger partial charge is 0.343 e. The van der Waals surface area contributed by atoms with Crippen molar-refractivity contribution in [3.05, 3.63) is 89.8 Å². The van der Waals surface area contributed by atoms with E-state index in [4.69, 9.17) is 0 Å². The van der Waals surface area contributed by atoms with E-state index in [1.807, 2.05) is 0 Å². The van der Waals surface area contributed by atoms with E-state index in [1.165, 1.54) is 24.1 Å². The Kier molecular flexibility index (Phi) is 6.54. The van der Waals surface area contributed by atoms with Gasteiger partial charge in [0.2, 0.25) is 17.8 Å². The molecular formula is C24H18F5N3O2S. The third-order valence-electron chi connectivity index (χ3n) is 5.67. The van der Waals surface area contributed by atoms with Crippen LogP contribution in [0.2, 0.25) is 0 Å². The van der Waals surface area contributed by atoms with Crippen molar-refractivity contribution in [2.75, 3.05) is 18.9 Å². The molecule has 11 heteroatoms. The average molecular weight is 507 g/mol. The number of hydrogen-bond acceptors (Lipinski definition) is 4. The molecule has 1 N–H and O–H groups in total. The number of rotatable bonds is 5. The van der Waals surface area contributed by atoms with Crippen molar-refractivity contribution in [1.82, 2.24) is 9.88 Å². The number of alkyl halides is 3. The van der Waals surface area contributed by atoms with E-state index in [1.54, 1.807) is 30.3 Å². The summed E-state index contributed by atoms with van der Waals surface area (Å²) < 4.78 is 64.9. The molecule has 1 aliphatic heterocycles. The monoisotopic (exact) mass is 507 g/mol. The van der Waals surface area contributed by atoms with Gasteiger partial charge in [-0.15, -0.1) is 0 Å². The van der Waals surface area contributed by atoms with E-state index < -0.39 is 51.8 Å². The summed E-state index contributed by atoms with van der Waals surface area (Å²) in [5.74, 6) is -4.76. The normalized spacial score (nSPS) is 20.2. The van der Waals surface area contributed by atoms with Gasteiger partial charge in [-0.3, -0.25) is 9.59 Å². The van der Waals surface area contributed by atoms with Crippen LogP contribution in [0.25, 0.3) is 0 Å². The maximum Gasteiger partial charge on any atom is 0.416 e. The van der Waals surface area contributed by atoms with Crippen LogP contribution in [-0.4, -0.2) is 40.0 Å². The van der Waals surface area contributed by atoms with Gasteiger partial charge in [-0.05, 0) is 42.0 Å². The van der Waals surface area contributed by atoms with Crippen LogP contribution in [0.1, 0.15) is 17.0 Å². The van der Waals surface area contributed by atoms with Gasteiger partial charge in [-0.25, -0.2) is 0 Å². The van der Waals surface area contributed by atoms with Crippen LogP contribution in [-0.2, 0) is 15.8 Å². The number of halogens is 5. The van der Waals surface area contributed by atoms with Gasteiger partial charge >= 0.3 is 6.18 Å². The van der Waals surface area contributed by atoms with Crippen LogP contribution in [0.3, 0.4) is 0 Å². The molecule has 1 saturated heterocycles. The lowest BCUT2D eigenvalue weighted by atomic mass is 9.86. The maximum atomic E-state index is 14.2. The number of amides is 2. The molecule has 0 bridgehead atoms. The second-order valence-electron chi connectivity index (χ2n) is 7.94. The summed E-state index contributed by atoms with van der Waals surface area (Å²) in [5, 5.41) is 2.34. The minimum Gasteiger partial charge on any atom is -0.343 e. The lowest BCUT2D eigenvalue weighted by molar-refractivity contribution is -0.137. The molecule has 5 nitrogen and oxygen atoms in total. The van der Waals surface area contributed by atoms with Crippen molar-refractivity contribution in [2.24, 2.45) is 0 Å². The number of thioether (sulfide) groups is 1. The Hall–Kier alpha value is -3.47. The fourth-order valence-electron chi connectivity index (χ4n) is 3.97. The molecule has 1 aliphatic rings. The predicted molar refractivity (Wildman–Crippen MR) is 120 cm³/mol. The van der Waals surface area contributed by atoms with Gasteiger partial charge < -0.3 is 10.2 Å². The molecular weight excluding hydrogens is 489 g/mol. The van der Waals surface area contributed by atoms with E-state index in [-0.39, 0.29) is 6.54 Å². The molecule has 0 aliphatic carbocycles. The van der Waals surface area contributed by atoms with E-state index in [0.717, 1.165) is 36.0 Å². The van der Waals surface area contributed by atoms with Crippen molar-refractivity contribution in [2.45, 2.75) is 21.7 Å². The topological polar surface area (TPSA) is 62.3 Å². The second-order valence-corrected chi connectivity index (χ2v) is 9.25. The van der Waals surface area contributed by atoms with E-state index in [0.29, 0.717) is 10.5 Å². The SMILES string of the molecule is CN1CC(c2ccc(C(F)(F)F)cc2)C(Sc2ccccc2)(C(=O)Nc2ccc(F)nc2F)C1=O. The Morgan fingerprint density at radius 3 is 2.31 bits per heavy atom. The van der Waals surface area contributed by atoms with Crippen LogP contribution >= 0.6 is 11.8 Å². The number of benzene rings is 2. The molecule has 1 fully saturated rings. The van der Waals surface area contributed by atoms with Gasteiger partial charge in [-0.1, -0.05) is 42.1 Å². The van der Waals surface area contributed by atoms with Crippen LogP contribution in [0, 0.1) is 11.9 Å². The molecule has 2 heterocycles. The minimum atomic E-state index is -4.55. The van der Waals surface area contributed by atoms with Gasteiger partial charge in [0.15, 0.2) is 4.75 Å². The van der Waals surface area contributed by atoms with E-state index in [2.05, 4.69) is 10.3 Å². The Balaban J connectivity index is 1.81. The highest BCUT2D eigenvalue weighted by Gasteiger charge is 2.60. The fraction of sp³-hybridized carbons (Fsp3) is 0.208. The molecule has 0 radical (unpaired) electrons. The Labute approximate surface area is 201 Å². The molecule has 4 rings (SSSR count). The first-order chi connectivity index (χ1) is 16.5. The number of carbonyl (C=O) groups excluding carboxylic acids is 2. The molecule has 2 unspecified atom stereocenters. The molecule has 0 saturated carbocycles. The number of anilines is 1. The standard InChI is InChI=1S/C24H18F5N3O2S/c1-32-13-17(14-7-9-15(10-8-14)24(27,28)29)23(22(32)34,35-16-5-3-2-4-6-16)21(33)30-18-11-12-19(25)31-20(18)26/h2-12,17H,13H2,1H3,(H,30,33). The number of aromatic nitrogens is 1. The van der Waals surface area contributed by atoms with Crippen LogP contribution in [0.5, 0.6) is 0 Å². The summed E-state index contributed by atoms with van der Waals surface area (Å²) in [6, 6.07) is 14.6. The van der Waals surface area contributed by atoms with Crippen molar-refractivity contribution < 1.29 is 31.5 Å². The predicted octanol–water partition coefficient (Wildman–Crippen LogP) is 5.10. The van der Waals surface area contributed by atoms with Gasteiger partial charge in [0.1, 0.15) is 0 Å². The summed E-state index contributed by atoms with van der Waals surface area (Å²) in [5.41, 5.74) is -0.978. The Morgan fingerprint density at radius 1 is 1.06 bits per heavy atom. The highest BCUT2D eigenvalue weighted by atomic mass is 32.2. The number of nitrogens with one attached hydrogen (secondary N) is 1. The summed E-state index contributed by atoms with van der Waals surface area (Å²) in [6.45, 7) is 0.0294. The van der Waals surface area contributed by atoms with E-state index >= 15 is 0 Å². The number of hydrogen-bond donors (Lipinski definition) is 1. The molecule has 2 aromatic carbocycles. The van der Waals surface area contributed by atoms with Gasteiger partial charge in [0, 0.05) is 24.4 Å². The summed E-state index contributed by atoms with van der Waals surface area (Å²) in [6.07, 6.45) is -4.55. The van der Waals surface area contributed by atoms with Crippen molar-refractivity contribution in [3.8, 4) is 0 Å². The Morgan fingerprint density at radius 2 is 1.71 bits per heavy atom. The van der Waals surface area contributed by atoms with Crippen molar-refractivity contribution in [1.29, 1.82) is 0 Å². The molecule has 0 spiro atoms. The molecule has 182 valence electrons. The number of likely N-dealkylation sites (N-methyl/N-ethyl adjacent to an activating group) is 1. The van der Waals surface area contributed by atoms with Gasteiger partial charge in [0.05, 0.1) is 11.3 Å². The molecule has 3 aromatic rings. The van der Waals surface area contributed by atoms with Gasteiger partial charge in [0.25, 0.3) is 5.91 Å². The third kappa shape index (κ3) is 4.72. The summed E-state index contributed by atoms with van der Waals surface area (Å²) >= 11 is 0.917. The molecule has 2 atom stereocenters. The Bertz CT molecular complexity index is 1250. The molecule has 2 amide bonds. The first-order valence-corrected chi connectivity index (χ1v) is 11.1. The maximum absolute atomic E-state index is 14.2. The first-order valence-electron chi connectivity index (χ1n) is 10.3. The highest BCUT2D eigenvalue weighted by molar-refractivity contribution is 8.02. The zero-order valence-corrected chi connectivity index (χ0v) is 19.0. The van der Waals surface area contributed by atoms with Gasteiger partial charge in [-0.2, -0.15) is 26.9 Å². The number of nitrogens with zero attached hydrogens (tertiary/aromatic N) is 2. The lowest BCUT2D eigenvalue weighted by Gasteiger charge is -2.31. The van der Waals surface area contributed by atoms with Crippen LogP contribution in [0.15, 0.2) is 71.6 Å². The minimum absolute atomic E-state index is 0.0294. The molecule has 35 heavy (non-hydrogen) atoms. The number of likely N-dealkylation sites (tertiary alicyclic amines) is 1. The summed E-state index contributed by atoms with van der Waals surface area (Å²) in [7, 11) is 1.47. The zero-order chi connectivity index (χ0) is 25.4. The number of pyridine rings is 1. The van der Waals surface area contributed by atoms with E-state index in [9.17, 15) is 31.5 Å². The summed E-state index contributed by atoms with van der Waals surface area (Å²) in [4.78, 5) is 32.1. The number of carbonyl (C=O) groups is 2. The third-order valence-corrected chi connectivity index (χ3v) is 7.15. The quantitative estimate of drug-likeness (QED) is 0.297. The highest BCUT2D eigenvalue weighted by Crippen LogP contribution is 2.50. The fourth-order valence-corrected chi connectivity index (χ4v) is 5.38. The lowest BCUT2D eigenvalue weighted by Crippen LogP contribution is -2.49. The largest absolute Gasteiger partial charge is 0.416 e. The van der Waals surface area contributed by atoms with Crippen molar-refractivity contribution in [3.63, 3.8) is 0 Å². The zero-order valence-electron chi connectivity index (χ0n) is 18.1. The average Bonchev–Trinajstić information content (AvgIpc) is 3.07. The second kappa shape index (κ2) is 9.29.